The van der Waals surface area contributed by atoms with Crippen molar-refractivity contribution in [2.75, 3.05) is 11.9 Å². The third-order valence-electron chi connectivity index (χ3n) is 4.24. The molecule has 2 amide bonds. The zero-order valence-corrected chi connectivity index (χ0v) is 16.4. The van der Waals surface area contributed by atoms with E-state index in [1.165, 1.54) is 10.9 Å². The lowest BCUT2D eigenvalue weighted by Crippen LogP contribution is -2.30. The van der Waals surface area contributed by atoms with Crippen molar-refractivity contribution >= 4 is 17.5 Å². The minimum atomic E-state index is -0.392. The highest BCUT2D eigenvalue weighted by Gasteiger charge is 2.20. The van der Waals surface area contributed by atoms with Crippen LogP contribution in [0.5, 0.6) is 0 Å². The molecular formula is C20H24N6O2. The maximum absolute atomic E-state index is 12.6. The number of nitrogens with zero attached hydrogens (tertiary/aromatic N) is 3. The number of aromatic nitrogens is 4. The Morgan fingerprint density at radius 1 is 1.18 bits per heavy atom. The number of nitrogens with one attached hydrogen (secondary N) is 3. The third-order valence-corrected chi connectivity index (χ3v) is 4.24. The van der Waals surface area contributed by atoms with Gasteiger partial charge in [0.25, 0.3) is 11.8 Å². The molecule has 0 fully saturated rings. The monoisotopic (exact) mass is 380 g/mol. The zero-order chi connectivity index (χ0) is 20.3. The number of hydrogen-bond donors (Lipinski definition) is 3. The fourth-order valence-electron chi connectivity index (χ4n) is 2.68. The van der Waals surface area contributed by atoms with Crippen LogP contribution in [-0.2, 0) is 7.05 Å². The lowest BCUT2D eigenvalue weighted by Gasteiger charge is -2.10. The van der Waals surface area contributed by atoms with E-state index in [9.17, 15) is 9.59 Å². The summed E-state index contributed by atoms with van der Waals surface area (Å²) in [5, 5.41) is 16.6. The number of rotatable bonds is 6. The minimum Gasteiger partial charge on any atom is -0.350 e. The first kappa shape index (κ1) is 19.3. The Morgan fingerprint density at radius 2 is 1.89 bits per heavy atom. The second-order valence-corrected chi connectivity index (χ2v) is 7.12. The van der Waals surface area contributed by atoms with Crippen molar-refractivity contribution in [2.24, 2.45) is 13.0 Å². The summed E-state index contributed by atoms with van der Waals surface area (Å²) < 4.78 is 1.44. The summed E-state index contributed by atoms with van der Waals surface area (Å²) in [4.78, 5) is 25.1. The summed E-state index contributed by atoms with van der Waals surface area (Å²) in [5.74, 6) is -0.355. The van der Waals surface area contributed by atoms with Crippen molar-refractivity contribution in [3.8, 4) is 11.3 Å². The van der Waals surface area contributed by atoms with E-state index >= 15 is 0 Å². The first-order chi connectivity index (χ1) is 13.3. The fraction of sp³-hybridized carbons (Fsp3) is 0.300. The molecule has 2 aromatic heterocycles. The van der Waals surface area contributed by atoms with E-state index in [1.807, 2.05) is 45.0 Å². The number of carbonyl (C=O) groups excluding carboxylic acids is 2. The van der Waals surface area contributed by atoms with Gasteiger partial charge in [-0.05, 0) is 18.9 Å². The van der Waals surface area contributed by atoms with Crippen molar-refractivity contribution in [1.29, 1.82) is 0 Å². The van der Waals surface area contributed by atoms with Crippen LogP contribution in [0, 0.1) is 12.8 Å². The van der Waals surface area contributed by atoms with Gasteiger partial charge in [0.2, 0.25) is 0 Å². The summed E-state index contributed by atoms with van der Waals surface area (Å²) in [5.41, 5.74) is 3.68. The molecule has 2 heterocycles. The normalized spacial score (nSPS) is 10.9. The first-order valence-corrected chi connectivity index (χ1v) is 9.09. The summed E-state index contributed by atoms with van der Waals surface area (Å²) in [6.07, 6.45) is 1.46. The van der Waals surface area contributed by atoms with Crippen LogP contribution in [0.15, 0.2) is 36.5 Å². The van der Waals surface area contributed by atoms with Crippen LogP contribution in [0.25, 0.3) is 11.3 Å². The molecule has 0 aliphatic rings. The predicted octanol–water partition coefficient (Wildman–Crippen LogP) is 2.76. The summed E-state index contributed by atoms with van der Waals surface area (Å²) in [6.45, 7) is 6.57. The molecule has 0 aliphatic carbocycles. The Bertz CT molecular complexity index is 985. The highest BCUT2D eigenvalue weighted by molar-refractivity contribution is 6.07. The van der Waals surface area contributed by atoms with Crippen LogP contribution in [0.4, 0.5) is 5.69 Å². The number of carbonyl (C=O) groups is 2. The van der Waals surface area contributed by atoms with Crippen molar-refractivity contribution in [3.63, 3.8) is 0 Å². The maximum Gasteiger partial charge on any atom is 0.273 e. The molecule has 0 spiro atoms. The topological polar surface area (TPSA) is 105 Å². The Hall–Kier alpha value is -3.42. The Morgan fingerprint density at radius 3 is 2.57 bits per heavy atom. The average Bonchev–Trinajstić information content (AvgIpc) is 3.28. The van der Waals surface area contributed by atoms with Crippen molar-refractivity contribution in [1.82, 2.24) is 25.3 Å². The number of H-pyrrole nitrogens is 1. The summed E-state index contributed by atoms with van der Waals surface area (Å²) in [6, 6.07) is 9.55. The molecule has 28 heavy (non-hydrogen) atoms. The SMILES string of the molecule is Cc1ccc(-c2cc(C(=O)Nc3cnn(C)c3C(=O)NCC(C)C)[nH]n2)cc1. The number of benzene rings is 1. The van der Waals surface area contributed by atoms with Crippen LogP contribution in [-0.4, -0.2) is 38.3 Å². The average molecular weight is 380 g/mol. The largest absolute Gasteiger partial charge is 0.350 e. The lowest BCUT2D eigenvalue weighted by molar-refractivity contribution is 0.0940. The van der Waals surface area contributed by atoms with Crippen LogP contribution < -0.4 is 10.6 Å². The number of hydrogen-bond acceptors (Lipinski definition) is 4. The van der Waals surface area contributed by atoms with E-state index in [4.69, 9.17) is 0 Å². The molecule has 8 heteroatoms. The van der Waals surface area contributed by atoms with E-state index in [0.717, 1.165) is 11.1 Å². The molecular weight excluding hydrogens is 356 g/mol. The second-order valence-electron chi connectivity index (χ2n) is 7.12. The van der Waals surface area contributed by atoms with Crippen LogP contribution in [0.2, 0.25) is 0 Å². The Kier molecular flexibility index (Phi) is 5.58. The number of aryl methyl sites for hydroxylation is 2. The van der Waals surface area contributed by atoms with Gasteiger partial charge in [-0.2, -0.15) is 10.2 Å². The quantitative estimate of drug-likeness (QED) is 0.611. The van der Waals surface area contributed by atoms with Crippen LogP contribution >= 0.6 is 0 Å². The van der Waals surface area contributed by atoms with E-state index in [2.05, 4.69) is 25.9 Å². The highest BCUT2D eigenvalue weighted by Crippen LogP contribution is 2.20. The Balaban J connectivity index is 1.75. The van der Waals surface area contributed by atoms with Crippen molar-refractivity contribution in [3.05, 3.63) is 53.5 Å². The number of aromatic amines is 1. The molecule has 0 bridgehead atoms. The van der Waals surface area contributed by atoms with Crippen LogP contribution in [0.3, 0.4) is 0 Å². The molecule has 1 aromatic carbocycles. The summed E-state index contributed by atoms with van der Waals surface area (Å²) in [7, 11) is 1.66. The first-order valence-electron chi connectivity index (χ1n) is 9.09. The molecule has 3 N–H and O–H groups in total. The third kappa shape index (κ3) is 4.28. The minimum absolute atomic E-state index is 0.283. The maximum atomic E-state index is 12.6. The lowest BCUT2D eigenvalue weighted by atomic mass is 10.1. The predicted molar refractivity (Wildman–Crippen MR) is 107 cm³/mol. The van der Waals surface area contributed by atoms with E-state index in [1.54, 1.807) is 13.1 Å². The molecule has 0 saturated carbocycles. The second kappa shape index (κ2) is 8.08. The van der Waals surface area contributed by atoms with Gasteiger partial charge in [-0.3, -0.25) is 19.4 Å². The molecule has 0 unspecified atom stereocenters. The van der Waals surface area contributed by atoms with Gasteiger partial charge < -0.3 is 10.6 Å². The van der Waals surface area contributed by atoms with E-state index < -0.39 is 5.91 Å². The van der Waals surface area contributed by atoms with Gasteiger partial charge in [0.15, 0.2) is 0 Å². The molecule has 0 atom stereocenters. The van der Waals surface area contributed by atoms with Gasteiger partial charge >= 0.3 is 0 Å². The summed E-state index contributed by atoms with van der Waals surface area (Å²) >= 11 is 0. The molecule has 0 radical (unpaired) electrons. The number of anilines is 1. The van der Waals surface area contributed by atoms with E-state index in [-0.39, 0.29) is 5.91 Å². The standard InChI is InChI=1S/C20H24N6O2/c1-12(2)10-21-20(28)18-17(11-22-26(18)4)23-19(27)16-9-15(24-25-16)14-7-5-13(3)6-8-14/h5-9,11-12H,10H2,1-4H3,(H,21,28)(H,23,27)(H,24,25). The molecule has 0 aliphatic heterocycles. The smallest absolute Gasteiger partial charge is 0.273 e. The van der Waals surface area contributed by atoms with Gasteiger partial charge in [-0.25, -0.2) is 0 Å². The fourth-order valence-corrected chi connectivity index (χ4v) is 2.68. The van der Waals surface area contributed by atoms with Gasteiger partial charge in [0.05, 0.1) is 17.6 Å². The van der Waals surface area contributed by atoms with Gasteiger partial charge in [0.1, 0.15) is 11.4 Å². The van der Waals surface area contributed by atoms with E-state index in [0.29, 0.717) is 35.2 Å². The van der Waals surface area contributed by atoms with Crippen molar-refractivity contribution in [2.45, 2.75) is 20.8 Å². The zero-order valence-electron chi connectivity index (χ0n) is 16.4. The highest BCUT2D eigenvalue weighted by atomic mass is 16.2. The van der Waals surface area contributed by atoms with Gasteiger partial charge in [-0.15, -0.1) is 0 Å². The van der Waals surface area contributed by atoms with Crippen molar-refractivity contribution < 1.29 is 9.59 Å². The van der Waals surface area contributed by atoms with Gasteiger partial charge in [-0.1, -0.05) is 43.7 Å². The molecule has 3 aromatic rings. The Labute approximate surface area is 163 Å². The molecule has 146 valence electrons. The molecule has 0 saturated heterocycles. The molecule has 3 rings (SSSR count). The van der Waals surface area contributed by atoms with Gasteiger partial charge in [0, 0.05) is 19.2 Å². The number of amides is 2. The molecule has 8 nitrogen and oxygen atoms in total. The van der Waals surface area contributed by atoms with Crippen LogP contribution in [0.1, 0.15) is 40.4 Å².